The Morgan fingerprint density at radius 2 is 1.91 bits per heavy atom. The fourth-order valence-electron chi connectivity index (χ4n) is 3.15. The van der Waals surface area contributed by atoms with Crippen LogP contribution in [0.4, 0.5) is 5.95 Å². The van der Waals surface area contributed by atoms with E-state index in [1.54, 1.807) is 22.9 Å². The first-order chi connectivity index (χ1) is 15.4. The lowest BCUT2D eigenvalue weighted by atomic mass is 10.2. The Labute approximate surface area is 192 Å². The highest BCUT2D eigenvalue weighted by Gasteiger charge is 2.34. The molecule has 0 aliphatic rings. The summed E-state index contributed by atoms with van der Waals surface area (Å²) in [5, 5.41) is 7.62. The number of anilines is 1. The van der Waals surface area contributed by atoms with E-state index in [0.29, 0.717) is 23.1 Å². The van der Waals surface area contributed by atoms with Gasteiger partial charge >= 0.3 is 0 Å². The summed E-state index contributed by atoms with van der Waals surface area (Å²) in [6.07, 6.45) is 6.40. The SMILES string of the molecule is CCCCCn1c(NS(=O)(=O)[C@@H](C)[C@H](OC)c2ncc(Cl)cn2)nnc1-c1ccccn1. The van der Waals surface area contributed by atoms with E-state index in [0.717, 1.165) is 19.3 Å². The van der Waals surface area contributed by atoms with E-state index in [-0.39, 0.29) is 11.8 Å². The van der Waals surface area contributed by atoms with Gasteiger partial charge in [0.2, 0.25) is 16.0 Å². The maximum atomic E-state index is 13.2. The van der Waals surface area contributed by atoms with Crippen LogP contribution in [0.2, 0.25) is 5.02 Å². The number of hydrogen-bond acceptors (Lipinski definition) is 8. The average molecular weight is 480 g/mol. The third kappa shape index (κ3) is 5.59. The largest absolute Gasteiger partial charge is 0.372 e. The second-order valence-electron chi connectivity index (χ2n) is 7.19. The van der Waals surface area contributed by atoms with Gasteiger partial charge in [0.05, 0.1) is 5.02 Å². The number of ether oxygens (including phenoxy) is 1. The van der Waals surface area contributed by atoms with Crippen molar-refractivity contribution in [2.45, 2.75) is 51.0 Å². The van der Waals surface area contributed by atoms with Gasteiger partial charge in [0.15, 0.2) is 11.6 Å². The van der Waals surface area contributed by atoms with E-state index < -0.39 is 21.4 Å². The van der Waals surface area contributed by atoms with Crippen LogP contribution in [0, 0.1) is 0 Å². The third-order valence-electron chi connectivity index (χ3n) is 4.93. The van der Waals surface area contributed by atoms with E-state index in [2.05, 4.69) is 36.8 Å². The van der Waals surface area contributed by atoms with Crippen molar-refractivity contribution >= 4 is 27.6 Å². The number of sulfonamides is 1. The molecule has 3 aromatic heterocycles. The summed E-state index contributed by atoms with van der Waals surface area (Å²) in [4.78, 5) is 12.5. The number of nitrogens with zero attached hydrogens (tertiary/aromatic N) is 6. The Bertz CT molecular complexity index is 1110. The molecule has 10 nitrogen and oxygen atoms in total. The number of aromatic nitrogens is 6. The van der Waals surface area contributed by atoms with Gasteiger partial charge in [-0.2, -0.15) is 0 Å². The van der Waals surface area contributed by atoms with Crippen LogP contribution in [0.1, 0.15) is 45.0 Å². The zero-order valence-electron chi connectivity index (χ0n) is 18.1. The number of halogens is 1. The lowest BCUT2D eigenvalue weighted by molar-refractivity contribution is 0.0950. The topological polar surface area (TPSA) is 125 Å². The molecule has 1 N–H and O–H groups in total. The van der Waals surface area contributed by atoms with Crippen molar-refractivity contribution in [3.63, 3.8) is 0 Å². The Balaban J connectivity index is 1.90. The molecule has 0 saturated heterocycles. The van der Waals surface area contributed by atoms with Crippen molar-refractivity contribution in [2.75, 3.05) is 11.8 Å². The van der Waals surface area contributed by atoms with E-state index in [9.17, 15) is 8.42 Å². The molecule has 0 aliphatic carbocycles. The van der Waals surface area contributed by atoms with Gasteiger partial charge in [-0.05, 0) is 25.5 Å². The number of pyridine rings is 1. The molecule has 172 valence electrons. The van der Waals surface area contributed by atoms with Crippen LogP contribution < -0.4 is 4.72 Å². The van der Waals surface area contributed by atoms with Crippen molar-refractivity contribution in [3.8, 4) is 11.5 Å². The van der Waals surface area contributed by atoms with Gasteiger partial charge in [-0.25, -0.2) is 18.4 Å². The molecule has 0 unspecified atom stereocenters. The second-order valence-corrected chi connectivity index (χ2v) is 9.66. The van der Waals surface area contributed by atoms with Crippen LogP contribution in [0.5, 0.6) is 0 Å². The maximum Gasteiger partial charge on any atom is 0.240 e. The quantitative estimate of drug-likeness (QED) is 0.414. The predicted octanol–water partition coefficient (Wildman–Crippen LogP) is 3.49. The van der Waals surface area contributed by atoms with Crippen molar-refractivity contribution in [1.29, 1.82) is 0 Å². The van der Waals surface area contributed by atoms with Crippen LogP contribution in [0.25, 0.3) is 11.5 Å². The molecular weight excluding hydrogens is 454 g/mol. The number of nitrogens with one attached hydrogen (secondary N) is 1. The molecule has 0 saturated carbocycles. The maximum absolute atomic E-state index is 13.2. The first kappa shape index (κ1) is 24.0. The van der Waals surface area contributed by atoms with Gasteiger partial charge in [0.1, 0.15) is 17.0 Å². The van der Waals surface area contributed by atoms with Crippen LogP contribution >= 0.6 is 11.6 Å². The molecule has 0 bridgehead atoms. The molecule has 3 rings (SSSR count). The zero-order chi connectivity index (χ0) is 23.1. The number of hydrogen-bond donors (Lipinski definition) is 1. The first-order valence-corrected chi connectivity index (χ1v) is 12.2. The fraction of sp³-hybridized carbons (Fsp3) is 0.450. The summed E-state index contributed by atoms with van der Waals surface area (Å²) in [5.41, 5.74) is 0.610. The molecular formula is C20H26ClN7O3S. The molecule has 0 fully saturated rings. The number of unbranched alkanes of at least 4 members (excludes halogenated alkanes) is 2. The second kappa shape index (κ2) is 10.8. The van der Waals surface area contributed by atoms with Crippen molar-refractivity contribution in [2.24, 2.45) is 0 Å². The van der Waals surface area contributed by atoms with Crippen LogP contribution in [-0.2, 0) is 21.3 Å². The minimum Gasteiger partial charge on any atom is -0.372 e. The Morgan fingerprint density at radius 3 is 2.53 bits per heavy atom. The summed E-state index contributed by atoms with van der Waals surface area (Å²) in [7, 11) is -2.53. The minimum absolute atomic E-state index is 0.125. The van der Waals surface area contributed by atoms with E-state index in [1.165, 1.54) is 26.4 Å². The highest BCUT2D eigenvalue weighted by Crippen LogP contribution is 2.26. The summed E-state index contributed by atoms with van der Waals surface area (Å²) < 4.78 is 36.1. The third-order valence-corrected chi connectivity index (χ3v) is 6.82. The Kier molecular flexibility index (Phi) is 8.10. The molecule has 0 amide bonds. The van der Waals surface area contributed by atoms with Gasteiger partial charge in [-0.1, -0.05) is 37.4 Å². The summed E-state index contributed by atoms with van der Waals surface area (Å²) >= 11 is 5.84. The Hall–Kier alpha value is -2.63. The van der Waals surface area contributed by atoms with Gasteiger partial charge in [0.25, 0.3) is 0 Å². The minimum atomic E-state index is -3.94. The molecule has 12 heteroatoms. The van der Waals surface area contributed by atoms with Crippen molar-refractivity contribution in [1.82, 2.24) is 29.7 Å². The average Bonchev–Trinajstić information content (AvgIpc) is 3.18. The predicted molar refractivity (Wildman–Crippen MR) is 122 cm³/mol. The summed E-state index contributed by atoms with van der Waals surface area (Å²) in [5.74, 6) is 0.838. The van der Waals surface area contributed by atoms with Crippen LogP contribution in [-0.4, -0.2) is 50.5 Å². The molecule has 2 atom stereocenters. The lowest BCUT2D eigenvalue weighted by Crippen LogP contribution is -2.33. The molecule has 0 radical (unpaired) electrons. The molecule has 3 heterocycles. The van der Waals surface area contributed by atoms with Crippen LogP contribution in [0.3, 0.4) is 0 Å². The summed E-state index contributed by atoms with van der Waals surface area (Å²) in [6.45, 7) is 4.17. The zero-order valence-corrected chi connectivity index (χ0v) is 19.7. The molecule has 0 spiro atoms. The molecule has 3 aromatic rings. The van der Waals surface area contributed by atoms with E-state index in [4.69, 9.17) is 16.3 Å². The molecule has 32 heavy (non-hydrogen) atoms. The van der Waals surface area contributed by atoms with Crippen LogP contribution in [0.15, 0.2) is 36.8 Å². The highest BCUT2D eigenvalue weighted by molar-refractivity contribution is 7.93. The normalized spacial score (nSPS) is 13.6. The molecule has 0 aromatic carbocycles. The lowest BCUT2D eigenvalue weighted by Gasteiger charge is -2.22. The van der Waals surface area contributed by atoms with Crippen molar-refractivity contribution in [3.05, 3.63) is 47.6 Å². The summed E-state index contributed by atoms with van der Waals surface area (Å²) in [6, 6.07) is 5.45. The number of rotatable bonds is 11. The van der Waals surface area contributed by atoms with Gasteiger partial charge in [-0.15, -0.1) is 10.2 Å². The standard InChI is InChI=1S/C20H26ClN7O3S/c1-4-5-8-11-28-19(16-9-6-7-10-22-16)25-26-20(28)27-32(29,30)14(2)17(31-3)18-23-12-15(21)13-24-18/h6-7,9-10,12-14,17H,4-5,8,11H2,1-3H3,(H,26,27)/t14-,17-/m0/s1. The first-order valence-electron chi connectivity index (χ1n) is 10.2. The molecule has 0 aliphatic heterocycles. The van der Waals surface area contributed by atoms with Gasteiger partial charge in [-0.3, -0.25) is 14.3 Å². The monoisotopic (exact) mass is 479 g/mol. The van der Waals surface area contributed by atoms with E-state index in [1.807, 2.05) is 6.07 Å². The fourth-order valence-corrected chi connectivity index (χ4v) is 4.40. The van der Waals surface area contributed by atoms with Gasteiger partial charge < -0.3 is 4.74 Å². The number of methoxy groups -OCH3 is 1. The Morgan fingerprint density at radius 1 is 1.16 bits per heavy atom. The van der Waals surface area contributed by atoms with Crippen molar-refractivity contribution < 1.29 is 13.2 Å². The highest BCUT2D eigenvalue weighted by atomic mass is 35.5. The van der Waals surface area contributed by atoms with E-state index >= 15 is 0 Å². The van der Waals surface area contributed by atoms with Gasteiger partial charge in [0, 0.05) is 32.2 Å². The smallest absolute Gasteiger partial charge is 0.240 e.